The van der Waals surface area contributed by atoms with Crippen LogP contribution in [0.4, 0.5) is 0 Å². The zero-order chi connectivity index (χ0) is 7.98. The summed E-state index contributed by atoms with van der Waals surface area (Å²) in [5.74, 6) is 0.0363. The Kier molecular flexibility index (Phi) is 4.61. The Morgan fingerprint density at radius 1 is 1.70 bits per heavy atom. The standard InChI is InChI=1S/C5H13N3O2/c1-4(9)10-3-2-8-5(6)7/h4,9H,2-3H2,1H3,(H4,6,7,8). The fraction of sp³-hybridized carbons (Fsp3) is 0.800. The van der Waals surface area contributed by atoms with Gasteiger partial charge in [-0.1, -0.05) is 0 Å². The highest BCUT2D eigenvalue weighted by molar-refractivity contribution is 5.75. The number of hydrogen-bond acceptors (Lipinski definition) is 3. The summed E-state index contributed by atoms with van der Waals surface area (Å²) >= 11 is 0. The number of aliphatic hydroxyl groups is 1. The van der Waals surface area contributed by atoms with E-state index in [-0.39, 0.29) is 5.96 Å². The zero-order valence-electron chi connectivity index (χ0n) is 5.95. The molecule has 1 atom stereocenters. The van der Waals surface area contributed by atoms with E-state index >= 15 is 0 Å². The average molecular weight is 147 g/mol. The molecule has 0 aromatic rings. The molecule has 10 heavy (non-hydrogen) atoms. The predicted octanol–water partition coefficient (Wildman–Crippen LogP) is -1.39. The van der Waals surface area contributed by atoms with Gasteiger partial charge in [-0.05, 0) is 6.92 Å². The van der Waals surface area contributed by atoms with Crippen LogP contribution in [0, 0.1) is 0 Å². The van der Waals surface area contributed by atoms with Crippen molar-refractivity contribution in [2.45, 2.75) is 13.2 Å². The van der Waals surface area contributed by atoms with Crippen molar-refractivity contribution >= 4 is 5.96 Å². The molecule has 5 nitrogen and oxygen atoms in total. The van der Waals surface area contributed by atoms with Crippen LogP contribution in [0.15, 0.2) is 4.99 Å². The van der Waals surface area contributed by atoms with Gasteiger partial charge >= 0.3 is 0 Å². The van der Waals surface area contributed by atoms with Gasteiger partial charge in [0.25, 0.3) is 0 Å². The summed E-state index contributed by atoms with van der Waals surface area (Å²) < 4.78 is 4.73. The fourth-order valence-corrected chi connectivity index (χ4v) is 0.398. The molecule has 0 spiro atoms. The lowest BCUT2D eigenvalue weighted by molar-refractivity contribution is -0.0818. The van der Waals surface area contributed by atoms with E-state index in [1.165, 1.54) is 6.92 Å². The second-order valence-corrected chi connectivity index (χ2v) is 1.78. The van der Waals surface area contributed by atoms with Crippen molar-refractivity contribution in [1.29, 1.82) is 0 Å². The van der Waals surface area contributed by atoms with Crippen molar-refractivity contribution in [3.63, 3.8) is 0 Å². The van der Waals surface area contributed by atoms with Gasteiger partial charge < -0.3 is 21.3 Å². The summed E-state index contributed by atoms with van der Waals surface area (Å²) in [6.45, 7) is 2.23. The van der Waals surface area contributed by atoms with E-state index in [4.69, 9.17) is 21.3 Å². The molecule has 0 bridgehead atoms. The Hall–Kier alpha value is -0.810. The number of rotatable bonds is 4. The third-order valence-electron chi connectivity index (χ3n) is 0.745. The van der Waals surface area contributed by atoms with Crippen LogP contribution in [0.3, 0.4) is 0 Å². The van der Waals surface area contributed by atoms with Crippen LogP contribution >= 0.6 is 0 Å². The highest BCUT2D eigenvalue weighted by Gasteiger charge is 1.91. The Labute approximate surface area is 59.7 Å². The maximum absolute atomic E-state index is 8.58. The number of ether oxygens (including phenoxy) is 1. The van der Waals surface area contributed by atoms with E-state index in [0.717, 1.165) is 0 Å². The number of aliphatic hydroxyl groups excluding tert-OH is 1. The van der Waals surface area contributed by atoms with Crippen LogP contribution in [-0.2, 0) is 4.74 Å². The SMILES string of the molecule is CC(O)OCCN=C(N)N. The molecule has 5 heteroatoms. The number of nitrogens with zero attached hydrogens (tertiary/aromatic N) is 1. The third kappa shape index (κ3) is 7.19. The minimum atomic E-state index is -0.755. The van der Waals surface area contributed by atoms with E-state index < -0.39 is 6.29 Å². The molecule has 0 aliphatic rings. The maximum Gasteiger partial charge on any atom is 0.185 e. The average Bonchev–Trinajstić information content (AvgIpc) is 1.79. The van der Waals surface area contributed by atoms with E-state index in [0.29, 0.717) is 13.2 Å². The molecule has 0 heterocycles. The maximum atomic E-state index is 8.58. The van der Waals surface area contributed by atoms with Crippen molar-refractivity contribution < 1.29 is 9.84 Å². The van der Waals surface area contributed by atoms with Gasteiger partial charge in [0, 0.05) is 0 Å². The molecule has 0 aromatic heterocycles. The minimum Gasteiger partial charge on any atom is -0.370 e. The molecule has 0 aliphatic heterocycles. The number of hydrogen-bond donors (Lipinski definition) is 3. The topological polar surface area (TPSA) is 93.9 Å². The van der Waals surface area contributed by atoms with Crippen LogP contribution in [0.2, 0.25) is 0 Å². The summed E-state index contributed by atoms with van der Waals surface area (Å²) in [6.07, 6.45) is -0.755. The Bertz CT molecular complexity index is 109. The summed E-state index contributed by atoms with van der Waals surface area (Å²) in [6, 6.07) is 0. The second-order valence-electron chi connectivity index (χ2n) is 1.78. The van der Waals surface area contributed by atoms with Gasteiger partial charge in [0.05, 0.1) is 13.2 Å². The van der Waals surface area contributed by atoms with Crippen molar-refractivity contribution in [1.82, 2.24) is 0 Å². The van der Waals surface area contributed by atoms with Crippen LogP contribution in [0.25, 0.3) is 0 Å². The molecule has 60 valence electrons. The van der Waals surface area contributed by atoms with E-state index in [1.54, 1.807) is 0 Å². The van der Waals surface area contributed by atoms with Crippen LogP contribution in [0.5, 0.6) is 0 Å². The van der Waals surface area contributed by atoms with Gasteiger partial charge in [0.2, 0.25) is 0 Å². The number of nitrogens with two attached hydrogens (primary N) is 2. The smallest absolute Gasteiger partial charge is 0.185 e. The Balaban J connectivity index is 3.13. The predicted molar refractivity (Wildman–Crippen MR) is 38.3 cm³/mol. The van der Waals surface area contributed by atoms with Crippen molar-refractivity contribution in [3.8, 4) is 0 Å². The summed E-state index contributed by atoms with van der Waals surface area (Å²) in [5, 5.41) is 8.58. The van der Waals surface area contributed by atoms with Crippen molar-refractivity contribution in [3.05, 3.63) is 0 Å². The van der Waals surface area contributed by atoms with Gasteiger partial charge in [0.15, 0.2) is 12.2 Å². The summed E-state index contributed by atoms with van der Waals surface area (Å²) in [4.78, 5) is 3.63. The Morgan fingerprint density at radius 2 is 2.30 bits per heavy atom. The second kappa shape index (κ2) is 5.01. The molecule has 0 aromatic carbocycles. The van der Waals surface area contributed by atoms with Gasteiger partial charge in [-0.25, -0.2) is 0 Å². The van der Waals surface area contributed by atoms with Gasteiger partial charge in [-0.15, -0.1) is 0 Å². The van der Waals surface area contributed by atoms with Gasteiger partial charge in [-0.3, -0.25) is 4.99 Å². The molecule has 0 rings (SSSR count). The van der Waals surface area contributed by atoms with Gasteiger partial charge in [0.1, 0.15) is 0 Å². The van der Waals surface area contributed by atoms with Crippen LogP contribution in [-0.4, -0.2) is 30.5 Å². The lowest BCUT2D eigenvalue weighted by Gasteiger charge is -2.03. The van der Waals surface area contributed by atoms with Gasteiger partial charge in [-0.2, -0.15) is 0 Å². The molecular weight excluding hydrogens is 134 g/mol. The quantitative estimate of drug-likeness (QED) is 0.197. The number of guanidine groups is 1. The molecule has 1 unspecified atom stereocenters. The highest BCUT2D eigenvalue weighted by Crippen LogP contribution is 1.82. The first-order valence-electron chi connectivity index (χ1n) is 2.98. The first-order valence-corrected chi connectivity index (χ1v) is 2.98. The molecule has 0 saturated carbocycles. The van der Waals surface area contributed by atoms with Crippen LogP contribution in [0.1, 0.15) is 6.92 Å². The molecular formula is C5H13N3O2. The molecule has 0 saturated heterocycles. The molecule has 0 aliphatic carbocycles. The number of aliphatic imine (C=N–C) groups is 1. The first kappa shape index (κ1) is 9.19. The lowest BCUT2D eigenvalue weighted by Crippen LogP contribution is -2.23. The lowest BCUT2D eigenvalue weighted by atomic mass is 10.7. The van der Waals surface area contributed by atoms with E-state index in [1.807, 2.05) is 0 Å². The normalized spacial score (nSPS) is 12.6. The third-order valence-corrected chi connectivity index (χ3v) is 0.745. The Morgan fingerprint density at radius 3 is 2.70 bits per heavy atom. The summed E-state index contributed by atoms with van der Waals surface area (Å²) in [5.41, 5.74) is 10.0. The molecule has 0 fully saturated rings. The first-order chi connectivity index (χ1) is 4.63. The zero-order valence-corrected chi connectivity index (χ0v) is 5.95. The van der Waals surface area contributed by atoms with E-state index in [9.17, 15) is 0 Å². The fourth-order valence-electron chi connectivity index (χ4n) is 0.398. The largest absolute Gasteiger partial charge is 0.370 e. The molecule has 0 radical (unpaired) electrons. The summed E-state index contributed by atoms with van der Waals surface area (Å²) in [7, 11) is 0. The highest BCUT2D eigenvalue weighted by atomic mass is 16.6. The molecule has 0 amide bonds. The van der Waals surface area contributed by atoms with E-state index in [2.05, 4.69) is 4.99 Å². The van der Waals surface area contributed by atoms with Crippen LogP contribution < -0.4 is 11.5 Å². The minimum absolute atomic E-state index is 0.0363. The van der Waals surface area contributed by atoms with Crippen molar-refractivity contribution in [2.24, 2.45) is 16.5 Å². The van der Waals surface area contributed by atoms with Crippen molar-refractivity contribution in [2.75, 3.05) is 13.2 Å². The monoisotopic (exact) mass is 147 g/mol. The molecule has 5 N–H and O–H groups in total.